The van der Waals surface area contributed by atoms with Crippen LogP contribution in [0.1, 0.15) is 5.56 Å². The van der Waals surface area contributed by atoms with Crippen molar-refractivity contribution in [2.45, 2.75) is 0 Å². The lowest BCUT2D eigenvalue weighted by atomic mass is 10.2. The quantitative estimate of drug-likeness (QED) is 0.309. The van der Waals surface area contributed by atoms with Crippen LogP contribution in [0.3, 0.4) is 0 Å². The van der Waals surface area contributed by atoms with Crippen molar-refractivity contribution >= 4 is 17.2 Å². The summed E-state index contributed by atoms with van der Waals surface area (Å²) in [5, 5.41) is 22.7. The summed E-state index contributed by atoms with van der Waals surface area (Å²) in [6, 6.07) is 25.8. The number of hydrogen-bond donors (Lipinski definition) is 2. The average Bonchev–Trinajstić information content (AvgIpc) is 2.64. The van der Waals surface area contributed by atoms with Crippen LogP contribution in [0.15, 0.2) is 100 Å². The van der Waals surface area contributed by atoms with Crippen LogP contribution in [-0.4, -0.2) is 10.9 Å². The van der Waals surface area contributed by atoms with E-state index in [9.17, 15) is 5.11 Å². The molecule has 0 heterocycles. The minimum Gasteiger partial charge on any atom is -0.507 e. The fraction of sp³-hybridized carbons (Fsp3) is 0. The highest BCUT2D eigenvalue weighted by atomic mass is 16.3. The third-order valence-corrected chi connectivity index (χ3v) is 3.23. The Bertz CT molecular complexity index is 846. The van der Waals surface area contributed by atoms with Gasteiger partial charge in [-0.15, -0.1) is 10.2 Å². The fourth-order valence-electron chi connectivity index (χ4n) is 2.03. The molecule has 2 N–H and O–H groups in total. The van der Waals surface area contributed by atoms with Gasteiger partial charge < -0.3 is 5.11 Å². The van der Waals surface area contributed by atoms with Gasteiger partial charge in [-0.3, -0.25) is 5.43 Å². The summed E-state index contributed by atoms with van der Waals surface area (Å²) in [5.74, 6) is 0.388. The van der Waals surface area contributed by atoms with Crippen molar-refractivity contribution in [3.8, 4) is 5.75 Å². The van der Waals surface area contributed by atoms with Gasteiger partial charge in [-0.1, -0.05) is 48.5 Å². The molecule has 24 heavy (non-hydrogen) atoms. The summed E-state index contributed by atoms with van der Waals surface area (Å²) in [6.07, 6.45) is 0. The number of hydrazone groups is 1. The van der Waals surface area contributed by atoms with Crippen LogP contribution >= 0.6 is 0 Å². The molecule has 0 bridgehead atoms. The van der Waals surface area contributed by atoms with E-state index in [4.69, 9.17) is 0 Å². The maximum atomic E-state index is 10.1. The second-order valence-electron chi connectivity index (χ2n) is 4.97. The van der Waals surface area contributed by atoms with Crippen molar-refractivity contribution < 1.29 is 5.11 Å². The highest BCUT2D eigenvalue weighted by Crippen LogP contribution is 2.19. The van der Waals surface area contributed by atoms with E-state index in [1.165, 1.54) is 0 Å². The van der Waals surface area contributed by atoms with Crippen molar-refractivity contribution in [3.05, 3.63) is 90.5 Å². The first kappa shape index (κ1) is 15.4. The second-order valence-corrected chi connectivity index (χ2v) is 4.97. The highest BCUT2D eigenvalue weighted by Gasteiger charge is 2.08. The van der Waals surface area contributed by atoms with E-state index in [1.54, 1.807) is 18.2 Å². The van der Waals surface area contributed by atoms with Gasteiger partial charge in [0.25, 0.3) is 0 Å². The molecule has 3 rings (SSSR count). The number of benzene rings is 3. The zero-order valence-electron chi connectivity index (χ0n) is 12.9. The number of rotatable bonds is 4. The second kappa shape index (κ2) is 7.69. The van der Waals surface area contributed by atoms with E-state index < -0.39 is 0 Å². The molecule has 0 aliphatic rings. The molecule has 0 saturated heterocycles. The molecule has 0 spiro atoms. The van der Waals surface area contributed by atoms with Crippen molar-refractivity contribution in [2.24, 2.45) is 15.3 Å². The number of phenolic OH excluding ortho intramolecular Hbond substituents is 1. The Balaban J connectivity index is 1.92. The lowest BCUT2D eigenvalue weighted by Gasteiger charge is -2.05. The normalized spacial score (nSPS) is 11.6. The standard InChI is InChI=1S/C19H16N4O/c24-18-14-8-7-13-17(18)19(22-20-15-9-3-1-4-10-15)23-21-16-11-5-2-6-12-16/h1-14,20,24H/b22-19-,23-21?. The molecule has 118 valence electrons. The molecule has 0 unspecified atom stereocenters. The van der Waals surface area contributed by atoms with Crippen LogP contribution in [0, 0.1) is 0 Å². The van der Waals surface area contributed by atoms with E-state index in [2.05, 4.69) is 20.8 Å². The van der Waals surface area contributed by atoms with Gasteiger partial charge in [0.2, 0.25) is 5.84 Å². The Morgan fingerprint density at radius 1 is 0.750 bits per heavy atom. The van der Waals surface area contributed by atoms with Crippen LogP contribution in [-0.2, 0) is 0 Å². The predicted octanol–water partition coefficient (Wildman–Crippen LogP) is 4.95. The molecule has 0 aliphatic heterocycles. The smallest absolute Gasteiger partial charge is 0.204 e. The molecule has 0 radical (unpaired) electrons. The van der Waals surface area contributed by atoms with E-state index in [1.807, 2.05) is 66.7 Å². The predicted molar refractivity (Wildman–Crippen MR) is 95.7 cm³/mol. The number of azo groups is 1. The summed E-state index contributed by atoms with van der Waals surface area (Å²) < 4.78 is 0. The van der Waals surface area contributed by atoms with Gasteiger partial charge in [0.1, 0.15) is 5.75 Å². The molecule has 0 fully saturated rings. The molecule has 0 aromatic heterocycles. The van der Waals surface area contributed by atoms with Crippen molar-refractivity contribution in [3.63, 3.8) is 0 Å². The number of aromatic hydroxyl groups is 1. The third-order valence-electron chi connectivity index (χ3n) is 3.23. The number of nitrogens with zero attached hydrogens (tertiary/aromatic N) is 3. The molecule has 0 saturated carbocycles. The number of hydrogen-bond acceptors (Lipinski definition) is 4. The minimum absolute atomic E-state index is 0.0955. The molecular weight excluding hydrogens is 300 g/mol. The molecule has 0 amide bonds. The number of anilines is 1. The van der Waals surface area contributed by atoms with Crippen molar-refractivity contribution in [1.82, 2.24) is 0 Å². The first-order chi connectivity index (χ1) is 11.8. The monoisotopic (exact) mass is 316 g/mol. The molecule has 0 atom stereocenters. The maximum Gasteiger partial charge on any atom is 0.204 e. The van der Waals surface area contributed by atoms with Crippen molar-refractivity contribution in [1.29, 1.82) is 0 Å². The van der Waals surface area contributed by atoms with E-state index in [0.717, 1.165) is 5.69 Å². The first-order valence-corrected chi connectivity index (χ1v) is 7.47. The Labute approximate surface area is 140 Å². The Morgan fingerprint density at radius 2 is 1.38 bits per heavy atom. The molecule has 5 nitrogen and oxygen atoms in total. The summed E-state index contributed by atoms with van der Waals surface area (Å²) in [4.78, 5) is 0. The van der Waals surface area contributed by atoms with E-state index in [-0.39, 0.29) is 5.75 Å². The van der Waals surface area contributed by atoms with Crippen LogP contribution < -0.4 is 5.43 Å². The third kappa shape index (κ3) is 4.04. The Morgan fingerprint density at radius 3 is 2.08 bits per heavy atom. The van der Waals surface area contributed by atoms with Gasteiger partial charge >= 0.3 is 0 Å². The van der Waals surface area contributed by atoms with Gasteiger partial charge in [0.15, 0.2) is 0 Å². The van der Waals surface area contributed by atoms with E-state index >= 15 is 0 Å². The first-order valence-electron chi connectivity index (χ1n) is 7.47. The van der Waals surface area contributed by atoms with Crippen molar-refractivity contribution in [2.75, 3.05) is 5.43 Å². The summed E-state index contributed by atoms with van der Waals surface area (Å²) >= 11 is 0. The summed E-state index contributed by atoms with van der Waals surface area (Å²) in [7, 11) is 0. The number of nitrogens with one attached hydrogen (secondary N) is 1. The SMILES string of the molecule is Oc1ccccc1/C(N=Nc1ccccc1)=N/Nc1ccccc1. The average molecular weight is 316 g/mol. The molecule has 5 heteroatoms. The Hall–Kier alpha value is -3.47. The minimum atomic E-state index is 0.0955. The number of amidine groups is 1. The van der Waals surface area contributed by atoms with E-state index in [0.29, 0.717) is 17.1 Å². The number of phenols is 1. The zero-order valence-corrected chi connectivity index (χ0v) is 12.9. The zero-order chi connectivity index (χ0) is 16.6. The molecule has 3 aromatic carbocycles. The highest BCUT2D eigenvalue weighted by molar-refractivity contribution is 6.01. The van der Waals surface area contributed by atoms with Gasteiger partial charge in [-0.2, -0.15) is 5.10 Å². The van der Waals surface area contributed by atoms with Crippen LogP contribution in [0.5, 0.6) is 5.75 Å². The summed E-state index contributed by atoms with van der Waals surface area (Å²) in [6.45, 7) is 0. The topological polar surface area (TPSA) is 69.3 Å². The van der Waals surface area contributed by atoms with Crippen LogP contribution in [0.25, 0.3) is 0 Å². The lowest BCUT2D eigenvalue weighted by Crippen LogP contribution is -2.01. The summed E-state index contributed by atoms with van der Waals surface area (Å²) in [5.41, 5.74) is 4.96. The van der Waals surface area contributed by atoms with Gasteiger partial charge in [-0.25, -0.2) is 0 Å². The Kier molecular flexibility index (Phi) is 4.94. The van der Waals surface area contributed by atoms with Crippen LogP contribution in [0.2, 0.25) is 0 Å². The lowest BCUT2D eigenvalue weighted by molar-refractivity contribution is 0.474. The van der Waals surface area contributed by atoms with Gasteiger partial charge in [0.05, 0.1) is 16.9 Å². The van der Waals surface area contributed by atoms with Crippen LogP contribution in [0.4, 0.5) is 11.4 Å². The van der Waals surface area contributed by atoms with Gasteiger partial charge in [0, 0.05) is 0 Å². The molecule has 3 aromatic rings. The van der Waals surface area contributed by atoms with Gasteiger partial charge in [-0.05, 0) is 36.4 Å². The fourth-order valence-corrected chi connectivity index (χ4v) is 2.03. The molecule has 0 aliphatic carbocycles. The maximum absolute atomic E-state index is 10.1. The molecular formula is C19H16N4O. The number of para-hydroxylation sites is 2. The largest absolute Gasteiger partial charge is 0.507 e.